The van der Waals surface area contributed by atoms with Gasteiger partial charge in [-0.1, -0.05) is 48.5 Å². The lowest BCUT2D eigenvalue weighted by atomic mass is 9.94. The van der Waals surface area contributed by atoms with Crippen LogP contribution in [0, 0.1) is 5.92 Å². The molecule has 35 heavy (non-hydrogen) atoms. The molecule has 0 aliphatic heterocycles. The smallest absolute Gasteiger partial charge is 0.410 e. The summed E-state index contributed by atoms with van der Waals surface area (Å²) in [5.74, 6) is -4.39. The highest BCUT2D eigenvalue weighted by Gasteiger charge is 2.42. The van der Waals surface area contributed by atoms with Crippen LogP contribution in [0.4, 0.5) is 4.79 Å². The number of amides is 1. The zero-order valence-electron chi connectivity index (χ0n) is 20.4. The van der Waals surface area contributed by atoms with Gasteiger partial charge < -0.3 is 25.6 Å². The number of carbonyl (C=O) groups is 3. The summed E-state index contributed by atoms with van der Waals surface area (Å²) >= 11 is 0. The molecule has 3 rings (SSSR count). The zero-order valence-corrected chi connectivity index (χ0v) is 20.4. The first-order chi connectivity index (χ1) is 16.6. The fourth-order valence-corrected chi connectivity index (χ4v) is 4.42. The average Bonchev–Trinajstić information content (AvgIpc) is 3.11. The van der Waals surface area contributed by atoms with E-state index in [1.807, 2.05) is 48.5 Å². The third-order valence-corrected chi connectivity index (χ3v) is 5.86. The van der Waals surface area contributed by atoms with Crippen molar-refractivity contribution in [2.45, 2.75) is 51.0 Å². The van der Waals surface area contributed by atoms with E-state index in [0.29, 0.717) is 0 Å². The molecule has 5 N–H and O–H groups in total. The summed E-state index contributed by atoms with van der Waals surface area (Å²) in [5, 5.41) is 15.3. The first-order valence-corrected chi connectivity index (χ1v) is 11.6. The van der Waals surface area contributed by atoms with Crippen LogP contribution in [0.2, 0.25) is 0 Å². The molecular weight excluding hydrogens is 450 g/mol. The standard InChI is InChI=1S/C26H33N3O6/c1-26(2,3)35-25(33)29-22(34-24(32)21(23(30)31)19(28-4)13-14-27)20-17-11-7-5-9-15(17)16-10-6-8-12-18(16)20/h5-12,19-22,28H,13-14,27H2,1-4H3,(H,29,33)(H,30,31)/t19-,21-,22?/m0/s1. The highest BCUT2D eigenvalue weighted by Crippen LogP contribution is 2.46. The first-order valence-electron chi connectivity index (χ1n) is 11.6. The van der Waals surface area contributed by atoms with Crippen LogP contribution in [0.25, 0.3) is 11.1 Å². The van der Waals surface area contributed by atoms with E-state index in [1.165, 1.54) is 0 Å². The Kier molecular flexibility index (Phi) is 8.14. The summed E-state index contributed by atoms with van der Waals surface area (Å²) in [4.78, 5) is 38.0. The van der Waals surface area contributed by atoms with Gasteiger partial charge in [0.2, 0.25) is 0 Å². The maximum Gasteiger partial charge on any atom is 0.410 e. The van der Waals surface area contributed by atoms with Crippen molar-refractivity contribution in [1.29, 1.82) is 0 Å². The molecule has 0 radical (unpaired) electrons. The Morgan fingerprint density at radius 3 is 2.03 bits per heavy atom. The van der Waals surface area contributed by atoms with E-state index in [2.05, 4.69) is 10.6 Å². The van der Waals surface area contributed by atoms with Gasteiger partial charge in [0.1, 0.15) is 5.60 Å². The maximum absolute atomic E-state index is 13.2. The van der Waals surface area contributed by atoms with Crippen molar-refractivity contribution in [3.63, 3.8) is 0 Å². The number of nitrogens with two attached hydrogens (primary N) is 1. The number of benzene rings is 2. The lowest BCUT2D eigenvalue weighted by Crippen LogP contribution is -2.49. The maximum atomic E-state index is 13.2. The average molecular weight is 484 g/mol. The summed E-state index contributed by atoms with van der Waals surface area (Å²) in [6.45, 7) is 5.35. The van der Waals surface area contributed by atoms with E-state index in [9.17, 15) is 19.5 Å². The minimum absolute atomic E-state index is 0.186. The summed E-state index contributed by atoms with van der Waals surface area (Å²) in [6, 6.07) is 14.5. The minimum atomic E-state index is -1.52. The topological polar surface area (TPSA) is 140 Å². The second-order valence-corrected chi connectivity index (χ2v) is 9.44. The lowest BCUT2D eigenvalue weighted by Gasteiger charge is -2.30. The molecule has 1 aliphatic carbocycles. The van der Waals surface area contributed by atoms with Crippen molar-refractivity contribution < 1.29 is 29.0 Å². The van der Waals surface area contributed by atoms with E-state index < -0.39 is 47.7 Å². The Morgan fingerprint density at radius 1 is 1.03 bits per heavy atom. The molecule has 2 aromatic carbocycles. The second-order valence-electron chi connectivity index (χ2n) is 9.44. The Bertz CT molecular complexity index is 1040. The van der Waals surface area contributed by atoms with E-state index in [4.69, 9.17) is 15.2 Å². The highest BCUT2D eigenvalue weighted by molar-refractivity contribution is 5.95. The van der Waals surface area contributed by atoms with Gasteiger partial charge in [-0.25, -0.2) is 4.79 Å². The molecule has 9 nitrogen and oxygen atoms in total. The number of alkyl carbamates (subject to hydrolysis) is 1. The van der Waals surface area contributed by atoms with Crippen molar-refractivity contribution in [3.05, 3.63) is 59.7 Å². The highest BCUT2D eigenvalue weighted by atomic mass is 16.6. The lowest BCUT2D eigenvalue weighted by molar-refractivity contribution is -0.165. The Morgan fingerprint density at radius 2 is 1.57 bits per heavy atom. The zero-order chi connectivity index (χ0) is 25.8. The van der Waals surface area contributed by atoms with Crippen LogP contribution in [0.3, 0.4) is 0 Å². The number of carboxylic acids is 1. The third kappa shape index (κ3) is 5.98. The molecule has 188 valence electrons. The monoisotopic (exact) mass is 483 g/mol. The predicted octanol–water partition coefficient (Wildman–Crippen LogP) is 2.83. The fourth-order valence-electron chi connectivity index (χ4n) is 4.42. The summed E-state index contributed by atoms with van der Waals surface area (Å²) in [7, 11) is 1.56. The number of fused-ring (bicyclic) bond motifs is 3. The molecular formula is C26H33N3O6. The molecule has 1 aliphatic rings. The number of aliphatic carboxylic acids is 1. The fraction of sp³-hybridized carbons (Fsp3) is 0.423. The van der Waals surface area contributed by atoms with Crippen molar-refractivity contribution in [2.24, 2.45) is 11.7 Å². The Hall–Kier alpha value is -3.43. The molecule has 0 bridgehead atoms. The van der Waals surface area contributed by atoms with Gasteiger partial charge in [0.05, 0.1) is 5.92 Å². The van der Waals surface area contributed by atoms with Crippen LogP contribution in [0.15, 0.2) is 48.5 Å². The van der Waals surface area contributed by atoms with Crippen LogP contribution in [-0.2, 0) is 19.1 Å². The largest absolute Gasteiger partial charge is 0.481 e. The normalized spacial score (nSPS) is 15.3. The minimum Gasteiger partial charge on any atom is -0.481 e. The molecule has 0 spiro atoms. The molecule has 2 aromatic rings. The number of ether oxygens (including phenoxy) is 2. The van der Waals surface area contributed by atoms with E-state index in [-0.39, 0.29) is 13.0 Å². The van der Waals surface area contributed by atoms with Gasteiger partial charge in [0.15, 0.2) is 12.1 Å². The summed E-state index contributed by atoms with van der Waals surface area (Å²) in [6.07, 6.45) is -1.74. The van der Waals surface area contributed by atoms with Crippen LogP contribution in [-0.4, -0.2) is 54.6 Å². The Balaban J connectivity index is 2.01. The molecule has 9 heteroatoms. The van der Waals surface area contributed by atoms with Crippen molar-refractivity contribution in [2.75, 3.05) is 13.6 Å². The molecule has 1 amide bonds. The van der Waals surface area contributed by atoms with Gasteiger partial charge in [0, 0.05) is 6.04 Å². The SMILES string of the molecule is CN[C@@H](CCN)[C@@H](C(=O)O)C(=O)OC(NC(=O)OC(C)(C)C)C1c2ccccc2-c2ccccc21. The third-order valence-electron chi connectivity index (χ3n) is 5.86. The quantitative estimate of drug-likeness (QED) is 0.242. The van der Waals surface area contributed by atoms with Gasteiger partial charge in [-0.3, -0.25) is 14.9 Å². The molecule has 0 fully saturated rings. The predicted molar refractivity (Wildman–Crippen MR) is 131 cm³/mol. The van der Waals surface area contributed by atoms with Crippen molar-refractivity contribution >= 4 is 18.0 Å². The van der Waals surface area contributed by atoms with Gasteiger partial charge in [0.25, 0.3) is 0 Å². The molecule has 0 aromatic heterocycles. The summed E-state index contributed by atoms with van der Waals surface area (Å²) < 4.78 is 11.2. The van der Waals surface area contributed by atoms with Crippen LogP contribution < -0.4 is 16.4 Å². The number of hydrogen-bond acceptors (Lipinski definition) is 7. The van der Waals surface area contributed by atoms with Crippen molar-refractivity contribution in [1.82, 2.24) is 10.6 Å². The van der Waals surface area contributed by atoms with Gasteiger partial charge in [-0.15, -0.1) is 0 Å². The van der Waals surface area contributed by atoms with Crippen LogP contribution in [0.1, 0.15) is 44.2 Å². The second kappa shape index (κ2) is 10.9. The van der Waals surface area contributed by atoms with Crippen molar-refractivity contribution in [3.8, 4) is 11.1 Å². The number of carboxylic acid groups (broad SMARTS) is 1. The Labute approximate surface area is 205 Å². The molecule has 3 atom stereocenters. The summed E-state index contributed by atoms with van der Waals surface area (Å²) in [5.41, 5.74) is 8.43. The van der Waals surface area contributed by atoms with Crippen LogP contribution in [0.5, 0.6) is 0 Å². The molecule has 0 saturated carbocycles. The van der Waals surface area contributed by atoms with Gasteiger partial charge in [-0.05, 0) is 63.0 Å². The molecule has 1 unspecified atom stereocenters. The van der Waals surface area contributed by atoms with Gasteiger partial charge in [-0.2, -0.15) is 0 Å². The van der Waals surface area contributed by atoms with Gasteiger partial charge >= 0.3 is 18.0 Å². The number of esters is 1. The molecule has 0 saturated heterocycles. The number of carbonyl (C=O) groups excluding carboxylic acids is 2. The van der Waals surface area contributed by atoms with E-state index in [1.54, 1.807) is 27.8 Å². The van der Waals surface area contributed by atoms with E-state index >= 15 is 0 Å². The molecule has 0 heterocycles. The number of rotatable bonds is 9. The number of hydrogen-bond donors (Lipinski definition) is 4. The van der Waals surface area contributed by atoms with Crippen LogP contribution >= 0.6 is 0 Å². The van der Waals surface area contributed by atoms with E-state index in [0.717, 1.165) is 22.3 Å². The first kappa shape index (κ1) is 26.2. The number of nitrogens with one attached hydrogen (secondary N) is 2.